The first-order chi connectivity index (χ1) is 7.31. The standard InChI is InChI=1S/C12H12ClNS/c1-9-2-4-10(5-3-9)12-11(6-7-13)15-8-14-12/h2-5,8H,6-7H2,1H3. The molecule has 15 heavy (non-hydrogen) atoms. The molecule has 3 heteroatoms. The molecule has 0 bridgehead atoms. The third kappa shape index (κ3) is 2.39. The fourth-order valence-corrected chi connectivity index (χ4v) is 2.57. The van der Waals surface area contributed by atoms with E-state index in [0.717, 1.165) is 12.1 Å². The van der Waals surface area contributed by atoms with Gasteiger partial charge in [0.2, 0.25) is 0 Å². The minimum absolute atomic E-state index is 0.654. The van der Waals surface area contributed by atoms with Crippen LogP contribution in [0.5, 0.6) is 0 Å². The predicted octanol–water partition coefficient (Wildman–Crippen LogP) is 3.90. The largest absolute Gasteiger partial charge is 0.244 e. The molecule has 2 aromatic rings. The summed E-state index contributed by atoms with van der Waals surface area (Å²) in [5.41, 5.74) is 5.42. The molecule has 0 N–H and O–H groups in total. The van der Waals surface area contributed by atoms with Crippen molar-refractivity contribution in [2.45, 2.75) is 13.3 Å². The van der Waals surface area contributed by atoms with Gasteiger partial charge in [0.15, 0.2) is 0 Å². The zero-order valence-electron chi connectivity index (χ0n) is 8.53. The van der Waals surface area contributed by atoms with Crippen molar-refractivity contribution in [3.8, 4) is 11.3 Å². The topological polar surface area (TPSA) is 12.9 Å². The quantitative estimate of drug-likeness (QED) is 0.738. The summed E-state index contributed by atoms with van der Waals surface area (Å²) in [5.74, 6) is 0.654. The van der Waals surface area contributed by atoms with E-state index < -0.39 is 0 Å². The highest BCUT2D eigenvalue weighted by molar-refractivity contribution is 7.10. The number of nitrogens with zero attached hydrogens (tertiary/aromatic N) is 1. The van der Waals surface area contributed by atoms with Gasteiger partial charge in [0.1, 0.15) is 0 Å². The summed E-state index contributed by atoms with van der Waals surface area (Å²) >= 11 is 7.43. The third-order valence-electron chi connectivity index (χ3n) is 2.29. The summed E-state index contributed by atoms with van der Waals surface area (Å²) < 4.78 is 0. The molecule has 2 rings (SSSR count). The van der Waals surface area contributed by atoms with E-state index in [1.54, 1.807) is 11.3 Å². The van der Waals surface area contributed by atoms with Crippen molar-refractivity contribution >= 4 is 22.9 Å². The molecule has 0 saturated heterocycles. The number of hydrogen-bond acceptors (Lipinski definition) is 2. The fraction of sp³-hybridized carbons (Fsp3) is 0.250. The van der Waals surface area contributed by atoms with Crippen molar-refractivity contribution in [1.29, 1.82) is 0 Å². The molecule has 0 aliphatic heterocycles. The van der Waals surface area contributed by atoms with E-state index in [0.29, 0.717) is 5.88 Å². The predicted molar refractivity (Wildman–Crippen MR) is 66.7 cm³/mol. The number of thiazole rings is 1. The zero-order chi connectivity index (χ0) is 10.7. The Morgan fingerprint density at radius 3 is 2.67 bits per heavy atom. The molecule has 0 saturated carbocycles. The van der Waals surface area contributed by atoms with Crippen LogP contribution in [0.25, 0.3) is 11.3 Å². The van der Waals surface area contributed by atoms with Gasteiger partial charge in [-0.15, -0.1) is 22.9 Å². The lowest BCUT2D eigenvalue weighted by atomic mass is 10.1. The Balaban J connectivity index is 2.36. The SMILES string of the molecule is Cc1ccc(-c2ncsc2CCCl)cc1. The third-order valence-corrected chi connectivity index (χ3v) is 3.37. The van der Waals surface area contributed by atoms with Gasteiger partial charge in [-0.2, -0.15) is 0 Å². The van der Waals surface area contributed by atoms with E-state index in [9.17, 15) is 0 Å². The number of alkyl halides is 1. The average molecular weight is 238 g/mol. The van der Waals surface area contributed by atoms with Crippen LogP contribution in [0, 0.1) is 6.92 Å². The summed E-state index contributed by atoms with van der Waals surface area (Å²) in [4.78, 5) is 5.67. The number of hydrogen-bond donors (Lipinski definition) is 0. The normalized spacial score (nSPS) is 10.5. The number of benzene rings is 1. The molecule has 0 unspecified atom stereocenters. The summed E-state index contributed by atoms with van der Waals surface area (Å²) in [6, 6.07) is 8.45. The van der Waals surface area contributed by atoms with Crippen LogP contribution in [-0.2, 0) is 6.42 Å². The fourth-order valence-electron chi connectivity index (χ4n) is 1.48. The van der Waals surface area contributed by atoms with E-state index in [1.807, 2.05) is 5.51 Å². The zero-order valence-corrected chi connectivity index (χ0v) is 10.1. The molecule has 1 aromatic carbocycles. The Kier molecular flexibility index (Phi) is 3.39. The van der Waals surface area contributed by atoms with Crippen molar-refractivity contribution in [2.24, 2.45) is 0 Å². The first-order valence-corrected chi connectivity index (χ1v) is 6.28. The molecule has 0 amide bonds. The molecule has 1 heterocycles. The van der Waals surface area contributed by atoms with Crippen LogP contribution < -0.4 is 0 Å². The molecule has 0 aliphatic rings. The lowest BCUT2D eigenvalue weighted by Gasteiger charge is -2.01. The highest BCUT2D eigenvalue weighted by atomic mass is 35.5. The Bertz CT molecular complexity index is 433. The molecule has 0 atom stereocenters. The van der Waals surface area contributed by atoms with Crippen molar-refractivity contribution in [3.05, 3.63) is 40.2 Å². The van der Waals surface area contributed by atoms with E-state index in [-0.39, 0.29) is 0 Å². The van der Waals surface area contributed by atoms with Gasteiger partial charge in [-0.05, 0) is 13.3 Å². The summed E-state index contributed by atoms with van der Waals surface area (Å²) in [6.07, 6.45) is 0.898. The van der Waals surface area contributed by atoms with Crippen LogP contribution in [0.4, 0.5) is 0 Å². The second-order valence-corrected chi connectivity index (χ2v) is 4.75. The maximum absolute atomic E-state index is 5.76. The lowest BCUT2D eigenvalue weighted by Crippen LogP contribution is -1.87. The Hall–Kier alpha value is -0.860. The minimum atomic E-state index is 0.654. The van der Waals surface area contributed by atoms with E-state index in [2.05, 4.69) is 36.2 Å². The van der Waals surface area contributed by atoms with Gasteiger partial charge in [0.05, 0.1) is 11.2 Å². The summed E-state index contributed by atoms with van der Waals surface area (Å²) in [5, 5.41) is 0. The molecular weight excluding hydrogens is 226 g/mol. The van der Waals surface area contributed by atoms with Gasteiger partial charge in [0.25, 0.3) is 0 Å². The number of aromatic nitrogens is 1. The maximum Gasteiger partial charge on any atom is 0.0843 e. The summed E-state index contributed by atoms with van der Waals surface area (Å²) in [6.45, 7) is 2.09. The van der Waals surface area contributed by atoms with E-state index in [4.69, 9.17) is 11.6 Å². The van der Waals surface area contributed by atoms with E-state index in [1.165, 1.54) is 16.0 Å². The number of aryl methyl sites for hydroxylation is 2. The van der Waals surface area contributed by atoms with Crippen molar-refractivity contribution in [1.82, 2.24) is 4.98 Å². The lowest BCUT2D eigenvalue weighted by molar-refractivity contribution is 1.18. The molecule has 0 aliphatic carbocycles. The first-order valence-electron chi connectivity index (χ1n) is 4.86. The molecular formula is C12H12ClNS. The summed E-state index contributed by atoms with van der Waals surface area (Å²) in [7, 11) is 0. The van der Waals surface area contributed by atoms with Gasteiger partial charge in [-0.25, -0.2) is 4.98 Å². The average Bonchev–Trinajstić information content (AvgIpc) is 2.68. The van der Waals surface area contributed by atoms with Crippen LogP contribution in [0.15, 0.2) is 29.8 Å². The monoisotopic (exact) mass is 237 g/mol. The highest BCUT2D eigenvalue weighted by Gasteiger charge is 2.07. The van der Waals surface area contributed by atoms with Crippen LogP contribution in [0.3, 0.4) is 0 Å². The van der Waals surface area contributed by atoms with Crippen LogP contribution >= 0.6 is 22.9 Å². The first kappa shape index (κ1) is 10.7. The van der Waals surface area contributed by atoms with Gasteiger partial charge in [-0.1, -0.05) is 29.8 Å². The Morgan fingerprint density at radius 1 is 1.27 bits per heavy atom. The van der Waals surface area contributed by atoms with Crippen LogP contribution in [-0.4, -0.2) is 10.9 Å². The smallest absolute Gasteiger partial charge is 0.0843 e. The van der Waals surface area contributed by atoms with Crippen molar-refractivity contribution < 1.29 is 0 Å². The number of halogens is 1. The maximum atomic E-state index is 5.76. The highest BCUT2D eigenvalue weighted by Crippen LogP contribution is 2.26. The molecule has 0 spiro atoms. The number of rotatable bonds is 3. The molecule has 1 nitrogen and oxygen atoms in total. The second kappa shape index (κ2) is 4.77. The molecule has 0 radical (unpaired) electrons. The molecule has 78 valence electrons. The van der Waals surface area contributed by atoms with E-state index >= 15 is 0 Å². The minimum Gasteiger partial charge on any atom is -0.244 e. The van der Waals surface area contributed by atoms with Gasteiger partial charge in [-0.3, -0.25) is 0 Å². The van der Waals surface area contributed by atoms with Crippen molar-refractivity contribution in [3.63, 3.8) is 0 Å². The Morgan fingerprint density at radius 2 is 2.00 bits per heavy atom. The van der Waals surface area contributed by atoms with Crippen LogP contribution in [0.1, 0.15) is 10.4 Å². The van der Waals surface area contributed by atoms with Gasteiger partial charge >= 0.3 is 0 Å². The Labute approximate surface area is 98.7 Å². The molecule has 0 fully saturated rings. The van der Waals surface area contributed by atoms with Gasteiger partial charge in [0, 0.05) is 16.3 Å². The van der Waals surface area contributed by atoms with Gasteiger partial charge < -0.3 is 0 Å². The molecule has 1 aromatic heterocycles. The van der Waals surface area contributed by atoms with Crippen molar-refractivity contribution in [2.75, 3.05) is 5.88 Å². The van der Waals surface area contributed by atoms with Crippen LogP contribution in [0.2, 0.25) is 0 Å². The second-order valence-electron chi connectivity index (χ2n) is 3.43.